The number of nitrogens with one attached hydrogen (secondary N) is 1. The quantitative estimate of drug-likeness (QED) is 0.713. The van der Waals surface area contributed by atoms with Crippen molar-refractivity contribution >= 4 is 0 Å². The number of hydrogen-bond acceptors (Lipinski definition) is 1. The van der Waals surface area contributed by atoms with Gasteiger partial charge in [-0.25, -0.2) is 0 Å². The van der Waals surface area contributed by atoms with Gasteiger partial charge in [0.25, 0.3) is 0 Å². The van der Waals surface area contributed by atoms with Crippen LogP contribution in [0.15, 0.2) is 24.3 Å². The third-order valence-electron chi connectivity index (χ3n) is 3.34. The van der Waals surface area contributed by atoms with Crippen LogP contribution in [0, 0.1) is 6.92 Å². The zero-order valence-electron chi connectivity index (χ0n) is 11.6. The molecule has 1 heteroatoms. The van der Waals surface area contributed by atoms with Crippen molar-refractivity contribution in [3.63, 3.8) is 0 Å². The summed E-state index contributed by atoms with van der Waals surface area (Å²) in [4.78, 5) is 0. The van der Waals surface area contributed by atoms with Crippen LogP contribution in [0.2, 0.25) is 0 Å². The molecule has 0 heterocycles. The van der Waals surface area contributed by atoms with E-state index in [0.717, 1.165) is 6.54 Å². The van der Waals surface area contributed by atoms with E-state index in [0.29, 0.717) is 6.04 Å². The Kier molecular flexibility index (Phi) is 6.95. The minimum absolute atomic E-state index is 0.694. The number of benzene rings is 1. The maximum atomic E-state index is 3.66. The van der Waals surface area contributed by atoms with Crippen LogP contribution in [0.1, 0.15) is 50.7 Å². The average Bonchev–Trinajstić information content (AvgIpc) is 2.34. The Morgan fingerprint density at radius 2 is 1.82 bits per heavy atom. The predicted octanol–water partition coefficient (Wildman–Crippen LogP) is 4.10. The molecule has 1 rings (SSSR count). The predicted molar refractivity (Wildman–Crippen MR) is 76.5 cm³/mol. The first-order valence-corrected chi connectivity index (χ1v) is 7.05. The summed E-state index contributed by atoms with van der Waals surface area (Å²) in [6.45, 7) is 7.87. The molecule has 0 saturated heterocycles. The van der Waals surface area contributed by atoms with E-state index in [1.54, 1.807) is 0 Å². The second-order valence-electron chi connectivity index (χ2n) is 4.90. The lowest BCUT2D eigenvalue weighted by Crippen LogP contribution is -2.30. The SMILES string of the molecule is CCCNC(CCC)CCc1ccccc1C. The summed E-state index contributed by atoms with van der Waals surface area (Å²) in [5.41, 5.74) is 2.94. The van der Waals surface area contributed by atoms with Gasteiger partial charge in [0.15, 0.2) is 0 Å². The van der Waals surface area contributed by atoms with Gasteiger partial charge in [0, 0.05) is 6.04 Å². The minimum atomic E-state index is 0.694. The standard InChI is InChI=1S/C16H27N/c1-4-8-16(17-13-5-2)12-11-15-10-7-6-9-14(15)3/h6-7,9-10,16-17H,4-5,8,11-13H2,1-3H3. The van der Waals surface area contributed by atoms with E-state index in [9.17, 15) is 0 Å². The van der Waals surface area contributed by atoms with Gasteiger partial charge in [-0.1, -0.05) is 44.5 Å². The van der Waals surface area contributed by atoms with Gasteiger partial charge in [0.2, 0.25) is 0 Å². The van der Waals surface area contributed by atoms with Crippen molar-refractivity contribution in [3.05, 3.63) is 35.4 Å². The van der Waals surface area contributed by atoms with Crippen molar-refractivity contribution < 1.29 is 0 Å². The molecule has 0 radical (unpaired) electrons. The second-order valence-corrected chi connectivity index (χ2v) is 4.90. The zero-order chi connectivity index (χ0) is 12.5. The summed E-state index contributed by atoms with van der Waals surface area (Å²) in [7, 11) is 0. The summed E-state index contributed by atoms with van der Waals surface area (Å²) < 4.78 is 0. The molecule has 0 aliphatic heterocycles. The van der Waals surface area contributed by atoms with E-state index in [2.05, 4.69) is 50.4 Å². The third-order valence-corrected chi connectivity index (χ3v) is 3.34. The average molecular weight is 233 g/mol. The molecule has 17 heavy (non-hydrogen) atoms. The highest BCUT2D eigenvalue weighted by Crippen LogP contribution is 2.12. The maximum Gasteiger partial charge on any atom is 0.00701 e. The number of aryl methyl sites for hydroxylation is 2. The van der Waals surface area contributed by atoms with Crippen molar-refractivity contribution in [3.8, 4) is 0 Å². The van der Waals surface area contributed by atoms with Gasteiger partial charge in [-0.15, -0.1) is 0 Å². The molecule has 0 spiro atoms. The van der Waals surface area contributed by atoms with E-state index >= 15 is 0 Å². The largest absolute Gasteiger partial charge is 0.314 e. The molecule has 96 valence electrons. The lowest BCUT2D eigenvalue weighted by atomic mass is 9.99. The zero-order valence-corrected chi connectivity index (χ0v) is 11.6. The van der Waals surface area contributed by atoms with Crippen molar-refractivity contribution in [2.75, 3.05) is 6.54 Å². The minimum Gasteiger partial charge on any atom is -0.314 e. The highest BCUT2D eigenvalue weighted by molar-refractivity contribution is 5.25. The highest BCUT2D eigenvalue weighted by atomic mass is 14.9. The molecule has 1 N–H and O–H groups in total. The monoisotopic (exact) mass is 233 g/mol. The van der Waals surface area contributed by atoms with E-state index < -0.39 is 0 Å². The molecular weight excluding hydrogens is 206 g/mol. The van der Waals surface area contributed by atoms with Crippen LogP contribution in [-0.2, 0) is 6.42 Å². The van der Waals surface area contributed by atoms with Crippen LogP contribution in [0.4, 0.5) is 0 Å². The molecule has 0 amide bonds. The molecule has 1 atom stereocenters. The van der Waals surface area contributed by atoms with Crippen molar-refractivity contribution in [2.45, 2.75) is 58.9 Å². The normalized spacial score (nSPS) is 12.6. The number of hydrogen-bond donors (Lipinski definition) is 1. The molecule has 0 aromatic heterocycles. The van der Waals surface area contributed by atoms with Gasteiger partial charge in [-0.3, -0.25) is 0 Å². The molecule has 1 aromatic carbocycles. The van der Waals surface area contributed by atoms with Gasteiger partial charge < -0.3 is 5.32 Å². The van der Waals surface area contributed by atoms with Gasteiger partial charge in [0.1, 0.15) is 0 Å². The van der Waals surface area contributed by atoms with Gasteiger partial charge in [-0.2, -0.15) is 0 Å². The molecule has 0 aliphatic rings. The molecule has 0 aliphatic carbocycles. The Balaban J connectivity index is 2.42. The Morgan fingerprint density at radius 1 is 1.06 bits per heavy atom. The maximum absolute atomic E-state index is 3.66. The van der Waals surface area contributed by atoms with Gasteiger partial charge in [0.05, 0.1) is 0 Å². The summed E-state index contributed by atoms with van der Waals surface area (Å²) in [5.74, 6) is 0. The summed E-state index contributed by atoms with van der Waals surface area (Å²) in [5, 5.41) is 3.66. The first kappa shape index (κ1) is 14.2. The van der Waals surface area contributed by atoms with Crippen molar-refractivity contribution in [2.24, 2.45) is 0 Å². The van der Waals surface area contributed by atoms with Crippen LogP contribution in [0.25, 0.3) is 0 Å². The second kappa shape index (κ2) is 8.30. The third kappa shape index (κ3) is 5.36. The molecule has 0 bridgehead atoms. The first-order chi connectivity index (χ1) is 8.27. The molecule has 0 saturated carbocycles. The van der Waals surface area contributed by atoms with E-state index in [1.165, 1.54) is 43.2 Å². The molecular formula is C16H27N. The van der Waals surface area contributed by atoms with E-state index in [4.69, 9.17) is 0 Å². The van der Waals surface area contributed by atoms with Crippen molar-refractivity contribution in [1.29, 1.82) is 0 Å². The fourth-order valence-electron chi connectivity index (χ4n) is 2.27. The van der Waals surface area contributed by atoms with Crippen LogP contribution < -0.4 is 5.32 Å². The van der Waals surface area contributed by atoms with Crippen LogP contribution in [0.5, 0.6) is 0 Å². The molecule has 0 fully saturated rings. The topological polar surface area (TPSA) is 12.0 Å². The molecule has 1 unspecified atom stereocenters. The number of rotatable bonds is 8. The van der Waals surface area contributed by atoms with Gasteiger partial charge in [-0.05, 0) is 50.3 Å². The summed E-state index contributed by atoms with van der Waals surface area (Å²) in [6, 6.07) is 9.44. The smallest absolute Gasteiger partial charge is 0.00701 e. The lowest BCUT2D eigenvalue weighted by molar-refractivity contribution is 0.448. The molecule has 1 nitrogen and oxygen atoms in total. The lowest BCUT2D eigenvalue weighted by Gasteiger charge is -2.18. The Morgan fingerprint density at radius 3 is 2.47 bits per heavy atom. The van der Waals surface area contributed by atoms with Crippen LogP contribution in [0.3, 0.4) is 0 Å². The Hall–Kier alpha value is -0.820. The van der Waals surface area contributed by atoms with Crippen molar-refractivity contribution in [1.82, 2.24) is 5.32 Å². The van der Waals surface area contributed by atoms with E-state index in [-0.39, 0.29) is 0 Å². The van der Waals surface area contributed by atoms with Crippen LogP contribution >= 0.6 is 0 Å². The fraction of sp³-hybridized carbons (Fsp3) is 0.625. The fourth-order valence-corrected chi connectivity index (χ4v) is 2.27. The van der Waals surface area contributed by atoms with E-state index in [1.807, 2.05) is 0 Å². The Bertz CT molecular complexity index is 306. The summed E-state index contributed by atoms with van der Waals surface area (Å²) >= 11 is 0. The highest BCUT2D eigenvalue weighted by Gasteiger charge is 2.07. The first-order valence-electron chi connectivity index (χ1n) is 7.05. The molecule has 1 aromatic rings. The Labute approximate surface area is 107 Å². The van der Waals surface area contributed by atoms with Crippen LogP contribution in [-0.4, -0.2) is 12.6 Å². The summed E-state index contributed by atoms with van der Waals surface area (Å²) in [6.07, 6.45) is 6.26. The van der Waals surface area contributed by atoms with Gasteiger partial charge >= 0.3 is 0 Å².